The Morgan fingerprint density at radius 3 is 2.65 bits per heavy atom. The minimum Gasteiger partial charge on any atom is -0.492 e. The first kappa shape index (κ1) is 21.6. The van der Waals surface area contributed by atoms with Gasteiger partial charge in [-0.2, -0.15) is 0 Å². The SMILES string of the molecule is O=c1cc(N2CCOCC2)oc2c(-c3ccc(OCCBr)c4c3sc3ccccc34)cccc12. The fourth-order valence-corrected chi connectivity index (χ4v) is 6.00. The van der Waals surface area contributed by atoms with E-state index in [9.17, 15) is 4.79 Å². The van der Waals surface area contributed by atoms with Crippen LogP contribution in [-0.2, 0) is 4.74 Å². The summed E-state index contributed by atoms with van der Waals surface area (Å²) < 4.78 is 20.3. The van der Waals surface area contributed by atoms with E-state index in [1.54, 1.807) is 17.4 Å². The van der Waals surface area contributed by atoms with Crippen molar-refractivity contribution >= 4 is 64.3 Å². The van der Waals surface area contributed by atoms with Crippen LogP contribution in [0.2, 0.25) is 0 Å². The van der Waals surface area contributed by atoms with Crippen LogP contribution in [0.15, 0.2) is 69.9 Å². The smallest absolute Gasteiger partial charge is 0.200 e. The first-order chi connectivity index (χ1) is 16.7. The molecule has 0 N–H and O–H groups in total. The van der Waals surface area contributed by atoms with Gasteiger partial charge in [0, 0.05) is 55.8 Å². The van der Waals surface area contributed by atoms with Crippen molar-refractivity contribution in [2.45, 2.75) is 0 Å². The maximum absolute atomic E-state index is 13.1. The zero-order chi connectivity index (χ0) is 23.1. The van der Waals surface area contributed by atoms with Crippen LogP contribution in [0.4, 0.5) is 5.88 Å². The summed E-state index contributed by atoms with van der Waals surface area (Å²) >= 11 is 5.20. The molecule has 3 aromatic carbocycles. The number of anilines is 1. The molecule has 7 heteroatoms. The third kappa shape index (κ3) is 3.68. The standard InChI is InChI=1S/C27H22BrNO4S/c28-10-13-32-22-9-8-18(27-25(22)20-4-1-2-7-23(20)34-27)17-5-3-6-19-21(30)16-24(33-26(17)19)29-11-14-31-15-12-29/h1-9,16H,10-15H2. The Labute approximate surface area is 208 Å². The summed E-state index contributed by atoms with van der Waals surface area (Å²) in [7, 11) is 0. The number of alkyl halides is 1. The van der Waals surface area contributed by atoms with E-state index in [1.807, 2.05) is 24.3 Å². The summed E-state index contributed by atoms with van der Waals surface area (Å²) in [6.45, 7) is 3.25. The maximum atomic E-state index is 13.1. The molecule has 0 amide bonds. The number of hydrogen-bond acceptors (Lipinski definition) is 6. The molecule has 0 radical (unpaired) electrons. The van der Waals surface area contributed by atoms with Gasteiger partial charge in [0.05, 0.1) is 25.2 Å². The number of fused-ring (bicyclic) bond motifs is 4. The first-order valence-electron chi connectivity index (χ1n) is 11.3. The van der Waals surface area contributed by atoms with Gasteiger partial charge in [-0.3, -0.25) is 4.79 Å². The van der Waals surface area contributed by atoms with Gasteiger partial charge in [0.2, 0.25) is 0 Å². The fourth-order valence-electron chi connectivity index (χ4n) is 4.60. The number of para-hydroxylation sites is 1. The van der Waals surface area contributed by atoms with E-state index >= 15 is 0 Å². The maximum Gasteiger partial charge on any atom is 0.200 e. The van der Waals surface area contributed by atoms with Gasteiger partial charge in [-0.1, -0.05) is 46.3 Å². The second kappa shape index (κ2) is 9.06. The zero-order valence-electron chi connectivity index (χ0n) is 18.4. The molecule has 2 aromatic heterocycles. The van der Waals surface area contributed by atoms with Gasteiger partial charge in [-0.15, -0.1) is 11.3 Å². The highest BCUT2D eigenvalue weighted by Crippen LogP contribution is 2.45. The molecule has 3 heterocycles. The highest BCUT2D eigenvalue weighted by molar-refractivity contribution is 9.09. The monoisotopic (exact) mass is 535 g/mol. The highest BCUT2D eigenvalue weighted by atomic mass is 79.9. The predicted octanol–water partition coefficient (Wildman–Crippen LogP) is 6.44. The van der Waals surface area contributed by atoms with Gasteiger partial charge in [0.1, 0.15) is 11.3 Å². The second-order valence-electron chi connectivity index (χ2n) is 8.18. The van der Waals surface area contributed by atoms with Crippen molar-refractivity contribution in [3.05, 3.63) is 70.9 Å². The summed E-state index contributed by atoms with van der Waals surface area (Å²) in [4.78, 5) is 15.1. The van der Waals surface area contributed by atoms with Gasteiger partial charge in [-0.25, -0.2) is 0 Å². The topological polar surface area (TPSA) is 51.9 Å². The normalized spacial score (nSPS) is 14.3. The molecule has 1 aliphatic heterocycles. The molecule has 0 spiro atoms. The Kier molecular flexibility index (Phi) is 5.77. The van der Waals surface area contributed by atoms with Crippen LogP contribution in [-0.4, -0.2) is 38.2 Å². The number of hydrogen-bond donors (Lipinski definition) is 0. The number of halogens is 1. The van der Waals surface area contributed by atoms with Crippen molar-refractivity contribution in [3.8, 4) is 16.9 Å². The van der Waals surface area contributed by atoms with Crippen molar-refractivity contribution < 1.29 is 13.9 Å². The molecule has 0 aliphatic carbocycles. The van der Waals surface area contributed by atoms with Gasteiger partial charge < -0.3 is 18.8 Å². The van der Waals surface area contributed by atoms with E-state index in [1.165, 1.54) is 10.1 Å². The minimum atomic E-state index is -0.0329. The molecule has 5 nitrogen and oxygen atoms in total. The van der Waals surface area contributed by atoms with Crippen molar-refractivity contribution in [2.75, 3.05) is 43.1 Å². The summed E-state index contributed by atoms with van der Waals surface area (Å²) in [6.07, 6.45) is 0. The molecule has 34 heavy (non-hydrogen) atoms. The number of thiophene rings is 1. The molecule has 1 saturated heterocycles. The van der Waals surface area contributed by atoms with Crippen molar-refractivity contribution in [1.82, 2.24) is 0 Å². The second-order valence-corrected chi connectivity index (χ2v) is 10.0. The van der Waals surface area contributed by atoms with E-state index in [2.05, 4.69) is 51.2 Å². The van der Waals surface area contributed by atoms with Crippen molar-refractivity contribution in [2.24, 2.45) is 0 Å². The number of rotatable bonds is 5. The Morgan fingerprint density at radius 2 is 1.79 bits per heavy atom. The van der Waals surface area contributed by atoms with Crippen LogP contribution < -0.4 is 15.1 Å². The Hall–Kier alpha value is -2.87. The molecular weight excluding hydrogens is 514 g/mol. The largest absolute Gasteiger partial charge is 0.492 e. The molecule has 0 saturated carbocycles. The van der Waals surface area contributed by atoms with Crippen LogP contribution >= 0.6 is 27.3 Å². The van der Waals surface area contributed by atoms with Gasteiger partial charge in [0.15, 0.2) is 11.3 Å². The van der Waals surface area contributed by atoms with Gasteiger partial charge >= 0.3 is 0 Å². The van der Waals surface area contributed by atoms with E-state index in [0.717, 1.165) is 32.3 Å². The van der Waals surface area contributed by atoms with E-state index in [4.69, 9.17) is 13.9 Å². The summed E-state index contributed by atoms with van der Waals surface area (Å²) in [6, 6.07) is 19.9. The molecule has 172 valence electrons. The Bertz CT molecular complexity index is 1570. The third-order valence-electron chi connectivity index (χ3n) is 6.18. The predicted molar refractivity (Wildman–Crippen MR) is 143 cm³/mol. The molecule has 1 fully saturated rings. The summed E-state index contributed by atoms with van der Waals surface area (Å²) in [5.74, 6) is 1.46. The number of morpholine rings is 1. The average Bonchev–Trinajstić information content (AvgIpc) is 3.28. The van der Waals surface area contributed by atoms with Crippen LogP contribution in [0.3, 0.4) is 0 Å². The van der Waals surface area contributed by atoms with Crippen LogP contribution in [0.5, 0.6) is 5.75 Å². The number of ether oxygens (including phenoxy) is 2. The highest BCUT2D eigenvalue weighted by Gasteiger charge is 2.20. The molecule has 5 aromatic rings. The van der Waals surface area contributed by atoms with Crippen LogP contribution in [0.25, 0.3) is 42.3 Å². The third-order valence-corrected chi connectivity index (χ3v) is 7.71. The molecule has 0 unspecified atom stereocenters. The molecule has 6 rings (SSSR count). The van der Waals surface area contributed by atoms with E-state index < -0.39 is 0 Å². The average molecular weight is 536 g/mol. The molecular formula is C27H22BrNO4S. The Balaban J connectivity index is 1.61. The zero-order valence-corrected chi connectivity index (χ0v) is 20.8. The lowest BCUT2D eigenvalue weighted by atomic mass is 10.00. The van der Waals surface area contributed by atoms with E-state index in [0.29, 0.717) is 49.8 Å². The van der Waals surface area contributed by atoms with Crippen molar-refractivity contribution in [1.29, 1.82) is 0 Å². The summed E-state index contributed by atoms with van der Waals surface area (Å²) in [5.41, 5.74) is 2.53. The summed E-state index contributed by atoms with van der Waals surface area (Å²) in [5, 5.41) is 3.62. The quantitative estimate of drug-likeness (QED) is 0.242. The van der Waals surface area contributed by atoms with E-state index in [-0.39, 0.29) is 5.43 Å². The lowest BCUT2D eigenvalue weighted by Gasteiger charge is -2.27. The number of benzene rings is 3. The molecule has 0 bridgehead atoms. The van der Waals surface area contributed by atoms with Crippen LogP contribution in [0, 0.1) is 0 Å². The Morgan fingerprint density at radius 1 is 0.971 bits per heavy atom. The lowest BCUT2D eigenvalue weighted by molar-refractivity contribution is 0.121. The van der Waals surface area contributed by atoms with Crippen molar-refractivity contribution in [3.63, 3.8) is 0 Å². The molecule has 0 atom stereocenters. The van der Waals surface area contributed by atoms with Gasteiger partial charge in [-0.05, 0) is 24.3 Å². The molecule has 1 aliphatic rings. The minimum absolute atomic E-state index is 0.0329. The van der Waals surface area contributed by atoms with Crippen LogP contribution in [0.1, 0.15) is 0 Å². The fraction of sp³-hybridized carbons (Fsp3) is 0.222. The van der Waals surface area contributed by atoms with Gasteiger partial charge in [0.25, 0.3) is 0 Å². The number of nitrogens with zero attached hydrogens (tertiary/aromatic N) is 1. The first-order valence-corrected chi connectivity index (χ1v) is 13.2. The lowest BCUT2D eigenvalue weighted by Crippen LogP contribution is -2.36.